The van der Waals surface area contributed by atoms with Crippen LogP contribution in [0.15, 0.2) is 30.3 Å². The molecule has 1 aromatic rings. The minimum Gasteiger partial charge on any atom is -0.325 e. The van der Waals surface area contributed by atoms with Gasteiger partial charge in [0.25, 0.3) is 0 Å². The summed E-state index contributed by atoms with van der Waals surface area (Å²) in [5.74, 6) is 1.70. The maximum absolute atomic E-state index is 11.9. The second-order valence-corrected chi connectivity index (χ2v) is 5.46. The zero-order valence-electron chi connectivity index (χ0n) is 11.3. The molecule has 0 spiro atoms. The Labute approximate surface area is 114 Å². The van der Waals surface area contributed by atoms with Gasteiger partial charge in [0, 0.05) is 5.69 Å². The fourth-order valence-electron chi connectivity index (χ4n) is 1.59. The van der Waals surface area contributed by atoms with Crippen LogP contribution in [0.2, 0.25) is 0 Å². The number of nitrogens with one attached hydrogen (secondary N) is 2. The molecule has 0 aliphatic rings. The number of thioether (sulfide) groups is 1. The van der Waals surface area contributed by atoms with E-state index in [-0.39, 0.29) is 11.9 Å². The van der Waals surface area contributed by atoms with Crippen molar-refractivity contribution in [2.45, 2.75) is 19.9 Å². The van der Waals surface area contributed by atoms with Crippen molar-refractivity contribution >= 4 is 23.4 Å². The summed E-state index contributed by atoms with van der Waals surface area (Å²) in [6.07, 6.45) is 2.10. The first-order valence-corrected chi connectivity index (χ1v) is 7.61. The van der Waals surface area contributed by atoms with Gasteiger partial charge in [-0.2, -0.15) is 11.8 Å². The molecule has 0 bridgehead atoms. The van der Waals surface area contributed by atoms with Crippen LogP contribution in [0.3, 0.4) is 0 Å². The van der Waals surface area contributed by atoms with Gasteiger partial charge in [0.15, 0.2) is 0 Å². The molecule has 2 atom stereocenters. The van der Waals surface area contributed by atoms with Crippen molar-refractivity contribution in [1.82, 2.24) is 5.32 Å². The van der Waals surface area contributed by atoms with Crippen molar-refractivity contribution in [3.05, 3.63) is 30.3 Å². The average molecular weight is 266 g/mol. The Morgan fingerprint density at radius 2 is 1.94 bits per heavy atom. The second kappa shape index (κ2) is 8.16. The molecule has 1 rings (SSSR count). The monoisotopic (exact) mass is 266 g/mol. The quantitative estimate of drug-likeness (QED) is 0.797. The summed E-state index contributed by atoms with van der Waals surface area (Å²) in [7, 11) is 0. The van der Waals surface area contributed by atoms with Crippen molar-refractivity contribution in [2.75, 3.05) is 23.9 Å². The van der Waals surface area contributed by atoms with Crippen LogP contribution in [0.4, 0.5) is 5.69 Å². The summed E-state index contributed by atoms with van der Waals surface area (Å²) in [4.78, 5) is 11.9. The highest BCUT2D eigenvalue weighted by Gasteiger charge is 2.13. The van der Waals surface area contributed by atoms with E-state index in [0.29, 0.717) is 5.92 Å². The van der Waals surface area contributed by atoms with E-state index in [1.165, 1.54) is 0 Å². The van der Waals surface area contributed by atoms with Gasteiger partial charge >= 0.3 is 0 Å². The summed E-state index contributed by atoms with van der Waals surface area (Å²) in [5, 5.41) is 6.15. The van der Waals surface area contributed by atoms with Gasteiger partial charge in [0.1, 0.15) is 0 Å². The minimum absolute atomic E-state index is 0.0116. The van der Waals surface area contributed by atoms with E-state index in [9.17, 15) is 4.79 Å². The van der Waals surface area contributed by atoms with E-state index in [2.05, 4.69) is 23.8 Å². The van der Waals surface area contributed by atoms with Crippen molar-refractivity contribution in [2.24, 2.45) is 5.92 Å². The number of amides is 1. The molecule has 1 aromatic carbocycles. The second-order valence-electron chi connectivity index (χ2n) is 4.55. The molecule has 100 valence electrons. The zero-order chi connectivity index (χ0) is 13.4. The fraction of sp³-hybridized carbons (Fsp3) is 0.500. The number of carbonyl (C=O) groups excluding carboxylic acids is 1. The lowest BCUT2D eigenvalue weighted by Gasteiger charge is -2.17. The summed E-state index contributed by atoms with van der Waals surface area (Å²) in [6.45, 7) is 4.94. The predicted molar refractivity (Wildman–Crippen MR) is 80.1 cm³/mol. The molecular formula is C14H22N2OS. The lowest BCUT2D eigenvalue weighted by atomic mass is 10.2. The van der Waals surface area contributed by atoms with Crippen LogP contribution in [0, 0.1) is 5.92 Å². The van der Waals surface area contributed by atoms with Crippen molar-refractivity contribution < 1.29 is 4.79 Å². The molecule has 1 amide bonds. The molecule has 0 aliphatic carbocycles. The maximum atomic E-state index is 11.9. The molecule has 0 saturated carbocycles. The Hall–Kier alpha value is -1.00. The molecule has 18 heavy (non-hydrogen) atoms. The van der Waals surface area contributed by atoms with Gasteiger partial charge in [-0.05, 0) is 43.5 Å². The highest BCUT2D eigenvalue weighted by atomic mass is 32.2. The van der Waals surface area contributed by atoms with Crippen LogP contribution in [-0.2, 0) is 4.79 Å². The Bertz CT molecular complexity index is 356. The Kier molecular flexibility index (Phi) is 6.83. The molecule has 2 N–H and O–H groups in total. The number of benzene rings is 1. The third kappa shape index (κ3) is 5.56. The Morgan fingerprint density at radius 1 is 1.28 bits per heavy atom. The van der Waals surface area contributed by atoms with Crippen LogP contribution in [0.1, 0.15) is 13.8 Å². The molecule has 0 saturated heterocycles. The third-order valence-electron chi connectivity index (χ3n) is 2.66. The summed E-state index contributed by atoms with van der Waals surface area (Å²) in [6, 6.07) is 9.36. The number of carbonyl (C=O) groups is 1. The molecule has 0 aromatic heterocycles. The number of rotatable bonds is 7. The summed E-state index contributed by atoms with van der Waals surface area (Å²) >= 11 is 1.83. The fourth-order valence-corrected chi connectivity index (χ4v) is 2.27. The average Bonchev–Trinajstić information content (AvgIpc) is 2.37. The van der Waals surface area contributed by atoms with E-state index in [4.69, 9.17) is 0 Å². The highest BCUT2D eigenvalue weighted by molar-refractivity contribution is 7.98. The number of anilines is 1. The lowest BCUT2D eigenvalue weighted by Crippen LogP contribution is -2.40. The van der Waals surface area contributed by atoms with Crippen LogP contribution in [0.5, 0.6) is 0 Å². The van der Waals surface area contributed by atoms with Crippen molar-refractivity contribution in [1.29, 1.82) is 0 Å². The van der Waals surface area contributed by atoms with Gasteiger partial charge in [-0.1, -0.05) is 25.1 Å². The van der Waals surface area contributed by atoms with Crippen LogP contribution >= 0.6 is 11.8 Å². The van der Waals surface area contributed by atoms with E-state index >= 15 is 0 Å². The van der Waals surface area contributed by atoms with Crippen LogP contribution < -0.4 is 10.6 Å². The molecule has 0 fully saturated rings. The van der Waals surface area contributed by atoms with Crippen LogP contribution in [0.25, 0.3) is 0 Å². The Balaban J connectivity index is 2.33. The molecule has 0 radical (unpaired) electrons. The zero-order valence-corrected chi connectivity index (χ0v) is 12.1. The number of para-hydroxylation sites is 1. The SMILES string of the molecule is CSCC(C)CNC(C)C(=O)Nc1ccccc1. The number of hydrogen-bond acceptors (Lipinski definition) is 3. The molecule has 3 nitrogen and oxygen atoms in total. The van der Waals surface area contributed by atoms with E-state index in [1.54, 1.807) is 0 Å². The third-order valence-corrected chi connectivity index (χ3v) is 3.56. The van der Waals surface area contributed by atoms with Gasteiger partial charge in [0.05, 0.1) is 6.04 Å². The van der Waals surface area contributed by atoms with Crippen LogP contribution in [-0.4, -0.2) is 30.5 Å². The van der Waals surface area contributed by atoms with Gasteiger partial charge in [-0.15, -0.1) is 0 Å². The first-order valence-electron chi connectivity index (χ1n) is 6.21. The topological polar surface area (TPSA) is 41.1 Å². The molecule has 0 aliphatic heterocycles. The summed E-state index contributed by atoms with van der Waals surface area (Å²) in [5.41, 5.74) is 0.841. The van der Waals surface area contributed by atoms with Gasteiger partial charge in [0.2, 0.25) is 5.91 Å². The van der Waals surface area contributed by atoms with E-state index in [0.717, 1.165) is 18.0 Å². The molecular weight excluding hydrogens is 244 g/mol. The van der Waals surface area contributed by atoms with Gasteiger partial charge in [-0.25, -0.2) is 0 Å². The van der Waals surface area contributed by atoms with Gasteiger partial charge < -0.3 is 10.6 Å². The van der Waals surface area contributed by atoms with E-state index in [1.807, 2.05) is 49.0 Å². The standard InChI is InChI=1S/C14H22N2OS/c1-11(10-18-3)9-15-12(2)14(17)16-13-7-5-4-6-8-13/h4-8,11-12,15H,9-10H2,1-3H3,(H,16,17). The van der Waals surface area contributed by atoms with Crippen molar-refractivity contribution in [3.63, 3.8) is 0 Å². The van der Waals surface area contributed by atoms with Gasteiger partial charge in [-0.3, -0.25) is 4.79 Å². The lowest BCUT2D eigenvalue weighted by molar-refractivity contribution is -0.117. The largest absolute Gasteiger partial charge is 0.325 e. The number of hydrogen-bond donors (Lipinski definition) is 2. The smallest absolute Gasteiger partial charge is 0.241 e. The van der Waals surface area contributed by atoms with Crippen molar-refractivity contribution in [3.8, 4) is 0 Å². The normalized spacial score (nSPS) is 13.9. The molecule has 0 heterocycles. The molecule has 2 unspecified atom stereocenters. The van der Waals surface area contributed by atoms with E-state index < -0.39 is 0 Å². The maximum Gasteiger partial charge on any atom is 0.241 e. The molecule has 4 heteroatoms. The Morgan fingerprint density at radius 3 is 2.56 bits per heavy atom. The first kappa shape index (κ1) is 15.1. The summed E-state index contributed by atoms with van der Waals surface area (Å²) < 4.78 is 0. The highest BCUT2D eigenvalue weighted by Crippen LogP contribution is 2.06. The predicted octanol–water partition coefficient (Wildman–Crippen LogP) is 2.60. The first-order chi connectivity index (χ1) is 8.63. The minimum atomic E-state index is -0.172.